The number of aliphatic hydroxyl groups excluding tert-OH is 1. The Morgan fingerprint density at radius 3 is 2.56 bits per heavy atom. The van der Waals surface area contributed by atoms with Crippen molar-refractivity contribution in [3.63, 3.8) is 0 Å². The molecule has 0 saturated heterocycles. The van der Waals surface area contributed by atoms with Gasteiger partial charge in [0.1, 0.15) is 18.2 Å². The van der Waals surface area contributed by atoms with Crippen LogP contribution in [-0.2, 0) is 0 Å². The zero-order valence-electron chi connectivity index (χ0n) is 9.28. The van der Waals surface area contributed by atoms with Gasteiger partial charge in [-0.15, -0.1) is 0 Å². The van der Waals surface area contributed by atoms with Gasteiger partial charge in [-0.25, -0.2) is 5.84 Å². The van der Waals surface area contributed by atoms with Crippen LogP contribution in [-0.4, -0.2) is 40.9 Å². The molecule has 0 unspecified atom stereocenters. The molecule has 6 N–H and O–H groups in total. The highest BCUT2D eigenvalue weighted by atomic mass is 19.4. The van der Waals surface area contributed by atoms with Crippen LogP contribution in [0, 0.1) is 0 Å². The molecule has 1 heterocycles. The van der Waals surface area contributed by atoms with Crippen molar-refractivity contribution in [3.8, 4) is 0 Å². The molecule has 0 saturated carbocycles. The molecular formula is C8H13F3N6O. The van der Waals surface area contributed by atoms with Crippen LogP contribution in [0.1, 0.15) is 0 Å². The number of hydrogen-bond acceptors (Lipinski definition) is 7. The Kier molecular flexibility index (Phi) is 4.50. The van der Waals surface area contributed by atoms with Gasteiger partial charge in [0.05, 0.1) is 6.61 Å². The van der Waals surface area contributed by atoms with E-state index in [0.29, 0.717) is 0 Å². The third kappa shape index (κ3) is 4.22. The quantitative estimate of drug-likeness (QED) is 0.427. The minimum absolute atomic E-state index is 0.0678. The number of hydrogen-bond donors (Lipinski definition) is 4. The molecule has 0 amide bonds. The van der Waals surface area contributed by atoms with Crippen LogP contribution in [0.5, 0.6) is 0 Å². The Morgan fingerprint density at radius 2 is 2.06 bits per heavy atom. The number of alkyl halides is 3. The monoisotopic (exact) mass is 266 g/mol. The van der Waals surface area contributed by atoms with Crippen molar-refractivity contribution in [1.82, 2.24) is 9.97 Å². The zero-order valence-corrected chi connectivity index (χ0v) is 9.28. The number of nitrogens with zero attached hydrogens (tertiary/aromatic N) is 3. The van der Waals surface area contributed by atoms with Crippen molar-refractivity contribution in [3.05, 3.63) is 6.07 Å². The number of anilines is 3. The van der Waals surface area contributed by atoms with Crippen LogP contribution in [0.15, 0.2) is 6.07 Å². The van der Waals surface area contributed by atoms with Crippen molar-refractivity contribution < 1.29 is 18.3 Å². The molecule has 10 heteroatoms. The lowest BCUT2D eigenvalue weighted by atomic mass is 10.4. The van der Waals surface area contributed by atoms with E-state index in [2.05, 4.69) is 15.4 Å². The summed E-state index contributed by atoms with van der Waals surface area (Å²) in [7, 11) is 0. The van der Waals surface area contributed by atoms with E-state index >= 15 is 0 Å². The van der Waals surface area contributed by atoms with Gasteiger partial charge in [-0.2, -0.15) is 23.1 Å². The Labute approximate surface area is 101 Å². The molecule has 0 spiro atoms. The molecule has 0 radical (unpaired) electrons. The Morgan fingerprint density at radius 1 is 1.39 bits per heavy atom. The molecule has 0 bridgehead atoms. The normalized spacial score (nSPS) is 11.4. The summed E-state index contributed by atoms with van der Waals surface area (Å²) in [6.45, 7) is -1.95. The second kappa shape index (κ2) is 5.69. The molecule has 7 nitrogen and oxygen atoms in total. The Hall–Kier alpha value is -1.81. The Bertz CT molecular complexity index is 399. The maximum Gasteiger partial charge on any atom is 0.405 e. The van der Waals surface area contributed by atoms with Crippen LogP contribution in [0.2, 0.25) is 0 Å². The molecule has 0 aliphatic carbocycles. The number of aromatic nitrogens is 2. The topological polar surface area (TPSA) is 113 Å². The van der Waals surface area contributed by atoms with Crippen molar-refractivity contribution in [2.24, 2.45) is 5.84 Å². The van der Waals surface area contributed by atoms with Gasteiger partial charge in [0.25, 0.3) is 0 Å². The number of aliphatic hydroxyl groups is 1. The van der Waals surface area contributed by atoms with Crippen LogP contribution in [0.3, 0.4) is 0 Å². The van der Waals surface area contributed by atoms with Crippen molar-refractivity contribution in [1.29, 1.82) is 0 Å². The standard InChI is InChI=1S/C8H13F3N6O/c9-8(10,11)4-17(1-2-18)6-3-5(16-13)14-7(12)15-6/h3,18H,1-2,4,13H2,(H3,12,14,15,16). The first-order valence-corrected chi connectivity index (χ1v) is 4.89. The van der Waals surface area contributed by atoms with Gasteiger partial charge in [0.2, 0.25) is 5.95 Å². The number of hydrazine groups is 1. The molecule has 102 valence electrons. The minimum atomic E-state index is -4.43. The summed E-state index contributed by atoms with van der Waals surface area (Å²) in [5, 5.41) is 8.77. The molecule has 0 aliphatic rings. The van der Waals surface area contributed by atoms with Crippen molar-refractivity contribution >= 4 is 17.6 Å². The fourth-order valence-corrected chi connectivity index (χ4v) is 1.30. The summed E-state index contributed by atoms with van der Waals surface area (Å²) in [6.07, 6.45) is -4.43. The molecule has 0 fully saturated rings. The van der Waals surface area contributed by atoms with E-state index in [1.807, 2.05) is 0 Å². The first-order chi connectivity index (χ1) is 8.35. The minimum Gasteiger partial charge on any atom is -0.395 e. The predicted octanol–water partition coefficient (Wildman–Crippen LogP) is -0.295. The molecular weight excluding hydrogens is 253 g/mol. The van der Waals surface area contributed by atoms with E-state index in [9.17, 15) is 13.2 Å². The smallest absolute Gasteiger partial charge is 0.395 e. The molecule has 1 aromatic heterocycles. The van der Waals surface area contributed by atoms with Gasteiger partial charge in [0.15, 0.2) is 0 Å². The summed E-state index contributed by atoms with van der Waals surface area (Å²) in [4.78, 5) is 8.15. The third-order valence-electron chi connectivity index (χ3n) is 1.94. The highest BCUT2D eigenvalue weighted by Gasteiger charge is 2.31. The van der Waals surface area contributed by atoms with Gasteiger partial charge in [0, 0.05) is 12.6 Å². The van der Waals surface area contributed by atoms with Gasteiger partial charge < -0.3 is 21.2 Å². The van der Waals surface area contributed by atoms with E-state index in [0.717, 1.165) is 4.90 Å². The number of halogens is 3. The van der Waals surface area contributed by atoms with Crippen LogP contribution in [0.25, 0.3) is 0 Å². The fourth-order valence-electron chi connectivity index (χ4n) is 1.30. The molecule has 1 aromatic rings. The second-order valence-electron chi connectivity index (χ2n) is 3.37. The molecule has 18 heavy (non-hydrogen) atoms. The van der Waals surface area contributed by atoms with E-state index in [-0.39, 0.29) is 24.1 Å². The summed E-state index contributed by atoms with van der Waals surface area (Å²) >= 11 is 0. The number of nitrogen functional groups attached to an aromatic ring is 2. The maximum absolute atomic E-state index is 12.4. The predicted molar refractivity (Wildman–Crippen MR) is 59.6 cm³/mol. The second-order valence-corrected chi connectivity index (χ2v) is 3.37. The first kappa shape index (κ1) is 14.3. The van der Waals surface area contributed by atoms with E-state index in [4.69, 9.17) is 16.7 Å². The SMILES string of the molecule is NNc1cc(N(CCO)CC(F)(F)F)nc(N)n1. The van der Waals surface area contributed by atoms with E-state index < -0.39 is 19.3 Å². The van der Waals surface area contributed by atoms with Crippen LogP contribution >= 0.6 is 0 Å². The van der Waals surface area contributed by atoms with E-state index in [1.165, 1.54) is 6.07 Å². The van der Waals surface area contributed by atoms with Crippen LogP contribution in [0.4, 0.5) is 30.8 Å². The number of nitrogens with one attached hydrogen (secondary N) is 1. The first-order valence-electron chi connectivity index (χ1n) is 4.89. The van der Waals surface area contributed by atoms with E-state index in [1.54, 1.807) is 0 Å². The van der Waals surface area contributed by atoms with Gasteiger partial charge in [-0.1, -0.05) is 0 Å². The summed E-state index contributed by atoms with van der Waals surface area (Å²) in [5.41, 5.74) is 7.51. The lowest BCUT2D eigenvalue weighted by molar-refractivity contribution is -0.120. The lowest BCUT2D eigenvalue weighted by Crippen LogP contribution is -2.37. The summed E-state index contributed by atoms with van der Waals surface area (Å²) in [5.74, 6) is 4.90. The molecule has 0 aromatic carbocycles. The van der Waals surface area contributed by atoms with Gasteiger partial charge >= 0.3 is 6.18 Å². The highest BCUT2D eigenvalue weighted by molar-refractivity contribution is 5.52. The number of rotatable bonds is 5. The van der Waals surface area contributed by atoms with Crippen LogP contribution < -0.4 is 21.9 Å². The van der Waals surface area contributed by atoms with Gasteiger partial charge in [-0.05, 0) is 0 Å². The summed E-state index contributed by atoms with van der Waals surface area (Å²) < 4.78 is 37.1. The average molecular weight is 266 g/mol. The molecule has 0 aliphatic heterocycles. The maximum atomic E-state index is 12.4. The average Bonchev–Trinajstić information content (AvgIpc) is 2.26. The number of nitrogens with two attached hydrogens (primary N) is 2. The van der Waals surface area contributed by atoms with Crippen molar-refractivity contribution in [2.45, 2.75) is 6.18 Å². The highest BCUT2D eigenvalue weighted by Crippen LogP contribution is 2.22. The lowest BCUT2D eigenvalue weighted by Gasteiger charge is -2.24. The fraction of sp³-hybridized carbons (Fsp3) is 0.500. The van der Waals surface area contributed by atoms with Crippen molar-refractivity contribution in [2.75, 3.05) is 35.8 Å². The third-order valence-corrected chi connectivity index (χ3v) is 1.94. The zero-order chi connectivity index (χ0) is 13.8. The van der Waals surface area contributed by atoms with Gasteiger partial charge in [-0.3, -0.25) is 0 Å². The summed E-state index contributed by atoms with van der Waals surface area (Å²) in [6, 6.07) is 1.21. The molecule has 1 rings (SSSR count). The Balaban J connectivity index is 3.01. The largest absolute Gasteiger partial charge is 0.405 e. The molecule has 0 atom stereocenters.